The van der Waals surface area contributed by atoms with E-state index < -0.39 is 0 Å². The van der Waals surface area contributed by atoms with Crippen LogP contribution in [-0.4, -0.2) is 10.9 Å². The highest BCUT2D eigenvalue weighted by Crippen LogP contribution is 2.09. The first kappa shape index (κ1) is 16.4. The van der Waals surface area contributed by atoms with Crippen LogP contribution in [0.3, 0.4) is 0 Å². The second-order valence-corrected chi connectivity index (χ2v) is 3.34. The van der Waals surface area contributed by atoms with Gasteiger partial charge in [-0.1, -0.05) is 24.3 Å². The summed E-state index contributed by atoms with van der Waals surface area (Å²) in [7, 11) is 0. The molecule has 5 heteroatoms. The van der Waals surface area contributed by atoms with Crippen LogP contribution in [-0.2, 0) is 6.42 Å². The minimum absolute atomic E-state index is 0. The maximum Gasteiger partial charge on any atom is 0.193 e. The third kappa shape index (κ3) is 5.17. The summed E-state index contributed by atoms with van der Waals surface area (Å²) in [6, 6.07) is 15.0. The molecule has 1 heterocycles. The SMILES string of the molecule is Cl.Cl.N=C(Cc1ccccn1)Oc1ccccc1. The van der Waals surface area contributed by atoms with E-state index >= 15 is 0 Å². The van der Waals surface area contributed by atoms with Gasteiger partial charge in [-0.3, -0.25) is 10.4 Å². The molecule has 0 radical (unpaired) electrons. The van der Waals surface area contributed by atoms with Gasteiger partial charge in [0.15, 0.2) is 5.90 Å². The van der Waals surface area contributed by atoms with Gasteiger partial charge < -0.3 is 4.74 Å². The van der Waals surface area contributed by atoms with Gasteiger partial charge >= 0.3 is 0 Å². The van der Waals surface area contributed by atoms with E-state index in [1.807, 2.05) is 48.5 Å². The molecule has 1 N–H and O–H groups in total. The largest absolute Gasteiger partial charge is 0.443 e. The fraction of sp³-hybridized carbons (Fsp3) is 0.0769. The predicted molar refractivity (Wildman–Crippen MR) is 77.2 cm³/mol. The summed E-state index contributed by atoms with van der Waals surface area (Å²) in [5, 5.41) is 7.70. The van der Waals surface area contributed by atoms with Gasteiger partial charge in [0.05, 0.1) is 6.42 Å². The van der Waals surface area contributed by atoms with Crippen molar-refractivity contribution in [2.75, 3.05) is 0 Å². The molecule has 1 aromatic heterocycles. The van der Waals surface area contributed by atoms with Crippen molar-refractivity contribution in [1.82, 2.24) is 4.98 Å². The smallest absolute Gasteiger partial charge is 0.193 e. The van der Waals surface area contributed by atoms with Gasteiger partial charge in [0.25, 0.3) is 0 Å². The number of nitrogens with one attached hydrogen (secondary N) is 1. The van der Waals surface area contributed by atoms with Crippen LogP contribution in [0.5, 0.6) is 5.75 Å². The highest BCUT2D eigenvalue weighted by molar-refractivity contribution is 5.85. The van der Waals surface area contributed by atoms with Crippen molar-refractivity contribution < 1.29 is 4.74 Å². The third-order valence-corrected chi connectivity index (χ3v) is 2.05. The zero-order valence-corrected chi connectivity index (χ0v) is 11.2. The Balaban J connectivity index is 0.00000144. The lowest BCUT2D eigenvalue weighted by atomic mass is 10.3. The molecule has 0 aliphatic carbocycles. The van der Waals surface area contributed by atoms with E-state index in [-0.39, 0.29) is 30.7 Å². The normalized spacial score (nSPS) is 8.67. The van der Waals surface area contributed by atoms with Gasteiger partial charge in [0, 0.05) is 11.9 Å². The van der Waals surface area contributed by atoms with E-state index in [2.05, 4.69) is 4.98 Å². The van der Waals surface area contributed by atoms with Crippen LogP contribution >= 0.6 is 24.8 Å². The number of aromatic nitrogens is 1. The Morgan fingerprint density at radius 1 is 1.00 bits per heavy atom. The molecular weight excluding hydrogens is 271 g/mol. The number of hydrogen-bond donors (Lipinski definition) is 1. The first-order chi connectivity index (χ1) is 7.84. The van der Waals surface area contributed by atoms with E-state index in [1.165, 1.54) is 0 Å². The average molecular weight is 285 g/mol. The number of pyridine rings is 1. The van der Waals surface area contributed by atoms with Crippen molar-refractivity contribution in [2.24, 2.45) is 0 Å². The van der Waals surface area contributed by atoms with Crippen molar-refractivity contribution in [3.8, 4) is 5.75 Å². The van der Waals surface area contributed by atoms with E-state index in [9.17, 15) is 0 Å². The molecule has 18 heavy (non-hydrogen) atoms. The van der Waals surface area contributed by atoms with Crippen LogP contribution in [0.2, 0.25) is 0 Å². The molecule has 0 unspecified atom stereocenters. The Kier molecular flexibility index (Phi) is 7.76. The van der Waals surface area contributed by atoms with E-state index in [0.717, 1.165) is 5.69 Å². The van der Waals surface area contributed by atoms with Crippen LogP contribution in [0.4, 0.5) is 0 Å². The fourth-order valence-electron chi connectivity index (χ4n) is 1.33. The minimum atomic E-state index is 0. The molecule has 0 aliphatic heterocycles. The number of hydrogen-bond acceptors (Lipinski definition) is 3. The molecule has 0 saturated heterocycles. The monoisotopic (exact) mass is 284 g/mol. The molecule has 1 aromatic carbocycles. The number of nitrogens with zero attached hydrogens (tertiary/aromatic N) is 1. The van der Waals surface area contributed by atoms with E-state index in [4.69, 9.17) is 10.1 Å². The Labute approximate surface area is 119 Å². The predicted octanol–water partition coefficient (Wildman–Crippen LogP) is 3.52. The zero-order chi connectivity index (χ0) is 11.2. The molecule has 2 aromatic rings. The molecule has 0 amide bonds. The van der Waals surface area contributed by atoms with E-state index in [1.54, 1.807) is 6.20 Å². The molecule has 2 rings (SSSR count). The van der Waals surface area contributed by atoms with Gasteiger partial charge in [0.1, 0.15) is 5.75 Å². The van der Waals surface area contributed by atoms with Gasteiger partial charge in [-0.2, -0.15) is 0 Å². The summed E-state index contributed by atoms with van der Waals surface area (Å²) in [5.74, 6) is 0.883. The molecule has 0 spiro atoms. The first-order valence-electron chi connectivity index (χ1n) is 5.05. The summed E-state index contributed by atoms with van der Waals surface area (Å²) in [6.07, 6.45) is 2.13. The fourth-order valence-corrected chi connectivity index (χ4v) is 1.33. The highest BCUT2D eigenvalue weighted by atomic mass is 35.5. The second-order valence-electron chi connectivity index (χ2n) is 3.34. The Morgan fingerprint density at radius 2 is 1.67 bits per heavy atom. The molecule has 0 fully saturated rings. The van der Waals surface area contributed by atoms with Gasteiger partial charge in [-0.15, -0.1) is 24.8 Å². The average Bonchev–Trinajstić information content (AvgIpc) is 2.31. The van der Waals surface area contributed by atoms with Crippen molar-refractivity contribution in [1.29, 1.82) is 5.41 Å². The maximum atomic E-state index is 7.70. The second kappa shape index (κ2) is 8.50. The first-order valence-corrected chi connectivity index (χ1v) is 5.05. The van der Waals surface area contributed by atoms with Gasteiger partial charge in [-0.25, -0.2) is 0 Å². The van der Waals surface area contributed by atoms with Crippen molar-refractivity contribution in [3.05, 3.63) is 60.4 Å². The third-order valence-electron chi connectivity index (χ3n) is 2.05. The standard InChI is InChI=1S/C13H12N2O.2ClH/c14-13(10-11-6-4-5-9-15-11)16-12-7-2-1-3-8-12;;/h1-9,14H,10H2;2*1H. The lowest BCUT2D eigenvalue weighted by Crippen LogP contribution is -2.10. The lowest BCUT2D eigenvalue weighted by Gasteiger charge is -2.05. The zero-order valence-electron chi connectivity index (χ0n) is 9.58. The molecule has 0 atom stereocenters. The molecule has 3 nitrogen and oxygen atoms in total. The lowest BCUT2D eigenvalue weighted by molar-refractivity contribution is 0.532. The summed E-state index contributed by atoms with van der Waals surface area (Å²) < 4.78 is 5.36. The quantitative estimate of drug-likeness (QED) is 0.692. The van der Waals surface area contributed by atoms with Crippen LogP contribution < -0.4 is 4.74 Å². The minimum Gasteiger partial charge on any atom is -0.443 e. The Hall–Kier alpha value is -1.58. The Morgan fingerprint density at radius 3 is 2.28 bits per heavy atom. The maximum absolute atomic E-state index is 7.70. The van der Waals surface area contributed by atoms with Crippen molar-refractivity contribution in [3.63, 3.8) is 0 Å². The summed E-state index contributed by atoms with van der Waals surface area (Å²) in [5.41, 5.74) is 0.837. The van der Waals surface area contributed by atoms with E-state index in [0.29, 0.717) is 12.2 Å². The van der Waals surface area contributed by atoms with Gasteiger partial charge in [-0.05, 0) is 24.3 Å². The number of rotatable bonds is 3. The van der Waals surface area contributed by atoms with Crippen LogP contribution in [0.15, 0.2) is 54.7 Å². The van der Waals surface area contributed by atoms with Crippen LogP contribution in [0.1, 0.15) is 5.69 Å². The number of benzene rings is 1. The van der Waals surface area contributed by atoms with Crippen LogP contribution in [0.25, 0.3) is 0 Å². The number of halogens is 2. The van der Waals surface area contributed by atoms with Crippen molar-refractivity contribution in [2.45, 2.75) is 6.42 Å². The van der Waals surface area contributed by atoms with Crippen molar-refractivity contribution >= 4 is 30.7 Å². The highest BCUT2D eigenvalue weighted by Gasteiger charge is 2.02. The summed E-state index contributed by atoms with van der Waals surface area (Å²) in [4.78, 5) is 4.14. The molecular formula is C13H14Cl2N2O. The Bertz CT molecular complexity index is 419. The molecule has 96 valence electrons. The number of para-hydroxylation sites is 1. The van der Waals surface area contributed by atoms with Crippen LogP contribution in [0, 0.1) is 5.41 Å². The molecule has 0 aliphatic rings. The molecule has 0 saturated carbocycles. The number of ether oxygens (including phenoxy) is 1. The topological polar surface area (TPSA) is 46.0 Å². The molecule has 0 bridgehead atoms. The van der Waals surface area contributed by atoms with Gasteiger partial charge in [0.2, 0.25) is 0 Å². The summed E-state index contributed by atoms with van der Waals surface area (Å²) in [6.45, 7) is 0. The summed E-state index contributed by atoms with van der Waals surface area (Å²) >= 11 is 0.